The van der Waals surface area contributed by atoms with E-state index in [1.54, 1.807) is 18.8 Å². The molecule has 2 aromatic rings. The average molecular weight is 333 g/mol. The second-order valence-corrected chi connectivity index (χ2v) is 6.71. The van der Waals surface area contributed by atoms with Gasteiger partial charge < -0.3 is 9.84 Å². The highest BCUT2D eigenvalue weighted by Gasteiger charge is 2.14. The molecule has 2 rings (SSSR count). The zero-order valence-corrected chi connectivity index (χ0v) is 14.7. The van der Waals surface area contributed by atoms with Crippen LogP contribution in [0.15, 0.2) is 28.8 Å². The van der Waals surface area contributed by atoms with Gasteiger partial charge in [0.15, 0.2) is 5.82 Å². The molecule has 23 heavy (non-hydrogen) atoms. The van der Waals surface area contributed by atoms with Gasteiger partial charge in [-0.15, -0.1) is 11.8 Å². The molecule has 0 radical (unpaired) electrons. The van der Waals surface area contributed by atoms with Crippen LogP contribution in [0.25, 0.3) is 0 Å². The quantitative estimate of drug-likeness (QED) is 0.796. The predicted octanol–water partition coefficient (Wildman–Crippen LogP) is 3.77. The van der Waals surface area contributed by atoms with Crippen molar-refractivity contribution < 1.29 is 9.32 Å². The molecule has 0 fully saturated rings. The van der Waals surface area contributed by atoms with Gasteiger partial charge in [-0.05, 0) is 31.0 Å². The summed E-state index contributed by atoms with van der Waals surface area (Å²) >= 11 is 1.74. The van der Waals surface area contributed by atoms with Crippen LogP contribution >= 0.6 is 11.8 Å². The topological polar surface area (TPSA) is 68.0 Å². The number of thioether (sulfide) groups is 1. The number of aromatic nitrogens is 2. The van der Waals surface area contributed by atoms with Crippen LogP contribution in [-0.4, -0.2) is 23.1 Å². The summed E-state index contributed by atoms with van der Waals surface area (Å²) < 4.78 is 5.34. The van der Waals surface area contributed by atoms with E-state index in [2.05, 4.69) is 29.3 Å². The number of nitrogens with zero attached hydrogens (tertiary/aromatic N) is 2. The van der Waals surface area contributed by atoms with Crippen molar-refractivity contribution in [3.63, 3.8) is 0 Å². The maximum absolute atomic E-state index is 11.5. The average Bonchev–Trinajstić information content (AvgIpc) is 3.06. The van der Waals surface area contributed by atoms with Gasteiger partial charge in [0, 0.05) is 24.8 Å². The van der Waals surface area contributed by atoms with E-state index in [1.165, 1.54) is 5.56 Å². The van der Waals surface area contributed by atoms with Crippen LogP contribution in [0.1, 0.15) is 59.6 Å². The van der Waals surface area contributed by atoms with E-state index in [9.17, 15) is 4.79 Å². The lowest BCUT2D eigenvalue weighted by Gasteiger charge is -2.07. The highest BCUT2D eigenvalue weighted by Crippen LogP contribution is 2.30. The van der Waals surface area contributed by atoms with Crippen molar-refractivity contribution in [2.75, 3.05) is 7.05 Å². The minimum absolute atomic E-state index is 0.0666. The van der Waals surface area contributed by atoms with E-state index in [-0.39, 0.29) is 11.2 Å². The normalized spacial score (nSPS) is 12.1. The highest BCUT2D eigenvalue weighted by molar-refractivity contribution is 7.98. The fraction of sp³-hybridized carbons (Fsp3) is 0.471. The Labute approximate surface area is 141 Å². The SMILES string of the molecule is CCCCc1noc([C@H](C)SCc2ccc(C(=O)NC)cc2)n1. The Hall–Kier alpha value is -1.82. The number of amides is 1. The third-order valence-electron chi connectivity index (χ3n) is 3.53. The summed E-state index contributed by atoms with van der Waals surface area (Å²) in [5.74, 6) is 2.25. The van der Waals surface area contributed by atoms with Crippen molar-refractivity contribution in [1.82, 2.24) is 15.5 Å². The zero-order chi connectivity index (χ0) is 16.7. The summed E-state index contributed by atoms with van der Waals surface area (Å²) in [4.78, 5) is 16.0. The first-order valence-corrected chi connectivity index (χ1v) is 8.94. The minimum atomic E-state index is -0.0666. The van der Waals surface area contributed by atoms with Crippen LogP contribution < -0.4 is 5.32 Å². The molecule has 0 saturated heterocycles. The van der Waals surface area contributed by atoms with Crippen LogP contribution in [0.5, 0.6) is 0 Å². The predicted molar refractivity (Wildman–Crippen MR) is 92.5 cm³/mol. The third-order valence-corrected chi connectivity index (χ3v) is 4.73. The largest absolute Gasteiger partial charge is 0.355 e. The van der Waals surface area contributed by atoms with E-state index >= 15 is 0 Å². The summed E-state index contributed by atoms with van der Waals surface area (Å²) in [6.07, 6.45) is 3.08. The number of rotatable bonds is 8. The van der Waals surface area contributed by atoms with Crippen LogP contribution in [0.3, 0.4) is 0 Å². The molecule has 1 heterocycles. The monoisotopic (exact) mass is 333 g/mol. The summed E-state index contributed by atoms with van der Waals surface area (Å²) in [6.45, 7) is 4.22. The van der Waals surface area contributed by atoms with Crippen LogP contribution in [-0.2, 0) is 12.2 Å². The van der Waals surface area contributed by atoms with Gasteiger partial charge in [0.1, 0.15) is 0 Å². The summed E-state index contributed by atoms with van der Waals surface area (Å²) in [5, 5.41) is 6.79. The third kappa shape index (κ3) is 5.10. The molecule has 124 valence electrons. The molecule has 1 amide bonds. The standard InChI is InChI=1S/C17H23N3O2S/c1-4-5-6-15-19-17(22-20-15)12(2)23-11-13-7-9-14(10-8-13)16(21)18-3/h7-10,12H,4-6,11H2,1-3H3,(H,18,21)/t12-/m0/s1. The van der Waals surface area contributed by atoms with E-state index in [1.807, 2.05) is 24.3 Å². The Morgan fingerprint density at radius 3 is 2.74 bits per heavy atom. The first kappa shape index (κ1) is 17.5. The number of carbonyl (C=O) groups is 1. The second kappa shape index (κ2) is 8.72. The van der Waals surface area contributed by atoms with Crippen molar-refractivity contribution in [1.29, 1.82) is 0 Å². The van der Waals surface area contributed by atoms with Gasteiger partial charge in [-0.25, -0.2) is 0 Å². The molecule has 0 aliphatic carbocycles. The first-order chi connectivity index (χ1) is 11.1. The Bertz CT molecular complexity index is 625. The zero-order valence-electron chi connectivity index (χ0n) is 13.8. The molecule has 1 atom stereocenters. The highest BCUT2D eigenvalue weighted by atomic mass is 32.2. The lowest BCUT2D eigenvalue weighted by atomic mass is 10.1. The summed E-state index contributed by atoms with van der Waals surface area (Å²) in [5.41, 5.74) is 1.84. The van der Waals surface area contributed by atoms with Crippen molar-refractivity contribution in [2.45, 2.75) is 44.1 Å². The van der Waals surface area contributed by atoms with Crippen molar-refractivity contribution in [3.05, 3.63) is 47.1 Å². The van der Waals surface area contributed by atoms with Crippen LogP contribution in [0, 0.1) is 0 Å². The summed E-state index contributed by atoms with van der Waals surface area (Å²) in [7, 11) is 1.63. The van der Waals surface area contributed by atoms with Gasteiger partial charge >= 0.3 is 0 Å². The second-order valence-electron chi connectivity index (χ2n) is 5.38. The molecule has 0 aliphatic heterocycles. The van der Waals surface area contributed by atoms with Gasteiger partial charge in [-0.2, -0.15) is 4.98 Å². The number of nitrogens with one attached hydrogen (secondary N) is 1. The molecular formula is C17H23N3O2S. The van der Waals surface area contributed by atoms with Crippen molar-refractivity contribution >= 4 is 17.7 Å². The smallest absolute Gasteiger partial charge is 0.251 e. The Kier molecular flexibility index (Phi) is 6.65. The molecule has 5 nitrogen and oxygen atoms in total. The molecule has 0 unspecified atom stereocenters. The molecule has 1 N–H and O–H groups in total. The number of hydrogen-bond donors (Lipinski definition) is 1. The van der Waals surface area contributed by atoms with E-state index in [0.717, 1.165) is 30.8 Å². The Morgan fingerprint density at radius 2 is 2.09 bits per heavy atom. The fourth-order valence-corrected chi connectivity index (χ4v) is 2.93. The van der Waals surface area contributed by atoms with Crippen molar-refractivity contribution in [2.24, 2.45) is 0 Å². The molecule has 0 bridgehead atoms. The van der Waals surface area contributed by atoms with Gasteiger partial charge in [0.25, 0.3) is 5.91 Å². The van der Waals surface area contributed by atoms with E-state index < -0.39 is 0 Å². The van der Waals surface area contributed by atoms with Gasteiger partial charge in [-0.1, -0.05) is 30.6 Å². The molecule has 1 aromatic heterocycles. The minimum Gasteiger partial charge on any atom is -0.355 e. The molecular weight excluding hydrogens is 310 g/mol. The number of aryl methyl sites for hydroxylation is 1. The van der Waals surface area contributed by atoms with E-state index in [4.69, 9.17) is 4.52 Å². The first-order valence-electron chi connectivity index (χ1n) is 7.89. The number of carbonyl (C=O) groups excluding carboxylic acids is 1. The molecule has 0 saturated carbocycles. The Morgan fingerprint density at radius 1 is 1.35 bits per heavy atom. The summed E-state index contributed by atoms with van der Waals surface area (Å²) in [6, 6.07) is 7.64. The fourth-order valence-electron chi connectivity index (χ4n) is 2.06. The van der Waals surface area contributed by atoms with Gasteiger partial charge in [0.2, 0.25) is 5.89 Å². The van der Waals surface area contributed by atoms with Gasteiger partial charge in [-0.3, -0.25) is 4.79 Å². The number of hydrogen-bond acceptors (Lipinski definition) is 5. The van der Waals surface area contributed by atoms with Crippen LogP contribution in [0.2, 0.25) is 0 Å². The molecule has 6 heteroatoms. The molecule has 0 aliphatic rings. The molecule has 0 spiro atoms. The Balaban J connectivity index is 1.87. The van der Waals surface area contributed by atoms with Crippen molar-refractivity contribution in [3.8, 4) is 0 Å². The number of unbranched alkanes of at least 4 members (excludes halogenated alkanes) is 1. The lowest BCUT2D eigenvalue weighted by Crippen LogP contribution is -2.17. The van der Waals surface area contributed by atoms with Gasteiger partial charge in [0.05, 0.1) is 5.25 Å². The maximum atomic E-state index is 11.5. The maximum Gasteiger partial charge on any atom is 0.251 e. The molecule has 1 aromatic carbocycles. The lowest BCUT2D eigenvalue weighted by molar-refractivity contribution is 0.0963. The van der Waals surface area contributed by atoms with Crippen LogP contribution in [0.4, 0.5) is 0 Å². The number of benzene rings is 1. The van der Waals surface area contributed by atoms with E-state index in [0.29, 0.717) is 11.5 Å².